The molecule has 0 fully saturated rings. The summed E-state index contributed by atoms with van der Waals surface area (Å²) < 4.78 is 0. The molecule has 0 spiro atoms. The van der Waals surface area contributed by atoms with Crippen LogP contribution >= 0.6 is 0 Å². The van der Waals surface area contributed by atoms with Gasteiger partial charge in [0.2, 0.25) is 0 Å². The van der Waals surface area contributed by atoms with Gasteiger partial charge in [0.15, 0.2) is 0 Å². The normalized spacial score (nSPS) is 10.4. The standard InChI is InChI=1S/C21H21NO3.C21H15NO3/c2*23-13-16-1-7-19(8-2-16)22(20-9-3-17(14-24)4-10-20)21-11-5-18(15-25)6-12-21/h1-12,23-25H,13-15H2;1-15H. The summed E-state index contributed by atoms with van der Waals surface area (Å²) in [7, 11) is 0. The van der Waals surface area contributed by atoms with Crippen LogP contribution in [0.5, 0.6) is 0 Å². The molecule has 6 aromatic carbocycles. The highest BCUT2D eigenvalue weighted by molar-refractivity contribution is 5.83. The van der Waals surface area contributed by atoms with Crippen molar-refractivity contribution in [2.24, 2.45) is 0 Å². The van der Waals surface area contributed by atoms with Gasteiger partial charge in [-0.1, -0.05) is 36.4 Å². The van der Waals surface area contributed by atoms with Crippen molar-refractivity contribution in [3.63, 3.8) is 0 Å². The lowest BCUT2D eigenvalue weighted by atomic mass is 10.1. The first kappa shape index (κ1) is 35.1. The average molecular weight is 665 g/mol. The average Bonchev–Trinajstić information content (AvgIpc) is 3.20. The minimum absolute atomic E-state index is 0.0106. The lowest BCUT2D eigenvalue weighted by Gasteiger charge is -2.26. The number of aliphatic hydroxyl groups is 3. The van der Waals surface area contributed by atoms with Crippen molar-refractivity contribution in [1.82, 2.24) is 0 Å². The smallest absolute Gasteiger partial charge is 0.150 e. The summed E-state index contributed by atoms with van der Waals surface area (Å²) in [5, 5.41) is 27.8. The molecule has 0 aliphatic carbocycles. The van der Waals surface area contributed by atoms with E-state index in [0.29, 0.717) is 16.7 Å². The molecule has 0 saturated carbocycles. The first-order valence-corrected chi connectivity index (χ1v) is 15.9. The predicted molar refractivity (Wildman–Crippen MR) is 196 cm³/mol. The molecular weight excluding hydrogens is 628 g/mol. The summed E-state index contributed by atoms with van der Waals surface area (Å²) in [6.07, 6.45) is 2.39. The first-order valence-electron chi connectivity index (χ1n) is 15.9. The second-order valence-electron chi connectivity index (χ2n) is 11.3. The highest BCUT2D eigenvalue weighted by atomic mass is 16.3. The van der Waals surface area contributed by atoms with E-state index in [4.69, 9.17) is 0 Å². The molecule has 0 unspecified atom stereocenters. The van der Waals surface area contributed by atoms with Crippen LogP contribution in [0.1, 0.15) is 47.8 Å². The number of carbonyl (C=O) groups is 3. The Morgan fingerprint density at radius 1 is 0.320 bits per heavy atom. The van der Waals surface area contributed by atoms with E-state index >= 15 is 0 Å². The van der Waals surface area contributed by atoms with Gasteiger partial charge in [0.05, 0.1) is 19.8 Å². The molecule has 0 radical (unpaired) electrons. The molecule has 8 heteroatoms. The van der Waals surface area contributed by atoms with Gasteiger partial charge < -0.3 is 25.1 Å². The maximum atomic E-state index is 10.9. The Balaban J connectivity index is 0.000000194. The first-order chi connectivity index (χ1) is 24.5. The highest BCUT2D eigenvalue weighted by Gasteiger charge is 2.14. The number of nitrogens with zero attached hydrogens (tertiary/aromatic N) is 2. The zero-order valence-corrected chi connectivity index (χ0v) is 27.2. The van der Waals surface area contributed by atoms with Gasteiger partial charge in [-0.15, -0.1) is 0 Å². The molecule has 0 heterocycles. The minimum Gasteiger partial charge on any atom is -0.392 e. The van der Waals surface area contributed by atoms with E-state index in [1.165, 1.54) is 0 Å². The van der Waals surface area contributed by atoms with Crippen LogP contribution in [0.25, 0.3) is 0 Å². The topological polar surface area (TPSA) is 118 Å². The van der Waals surface area contributed by atoms with Gasteiger partial charge in [-0.3, -0.25) is 14.4 Å². The van der Waals surface area contributed by atoms with Crippen molar-refractivity contribution in [1.29, 1.82) is 0 Å². The Morgan fingerprint density at radius 2 is 0.500 bits per heavy atom. The van der Waals surface area contributed by atoms with E-state index < -0.39 is 0 Å². The molecule has 0 bridgehead atoms. The van der Waals surface area contributed by atoms with Gasteiger partial charge >= 0.3 is 0 Å². The fourth-order valence-corrected chi connectivity index (χ4v) is 5.25. The molecule has 0 aliphatic rings. The molecule has 0 aromatic heterocycles. The van der Waals surface area contributed by atoms with Crippen LogP contribution in [0.15, 0.2) is 146 Å². The SMILES string of the molecule is O=Cc1ccc(N(c2ccc(C=O)cc2)c2ccc(C=O)cc2)cc1.OCc1ccc(N(c2ccc(CO)cc2)c2ccc(CO)cc2)cc1. The van der Waals surface area contributed by atoms with E-state index in [1.807, 2.05) is 114 Å². The monoisotopic (exact) mass is 664 g/mol. The molecule has 0 saturated heterocycles. The Kier molecular flexibility index (Phi) is 12.1. The van der Waals surface area contributed by atoms with Crippen molar-refractivity contribution in [2.75, 3.05) is 9.80 Å². The Labute approximate surface area is 290 Å². The third-order valence-electron chi connectivity index (χ3n) is 7.99. The van der Waals surface area contributed by atoms with Crippen LogP contribution in [-0.2, 0) is 19.8 Å². The van der Waals surface area contributed by atoms with Gasteiger partial charge in [-0.2, -0.15) is 0 Å². The largest absolute Gasteiger partial charge is 0.392 e. The molecule has 0 aliphatic heterocycles. The molecule has 0 amide bonds. The highest BCUT2D eigenvalue weighted by Crippen LogP contribution is 2.36. The van der Waals surface area contributed by atoms with Crippen LogP contribution in [-0.4, -0.2) is 34.2 Å². The van der Waals surface area contributed by atoms with Gasteiger partial charge in [-0.25, -0.2) is 0 Å². The molecule has 250 valence electrons. The van der Waals surface area contributed by atoms with Crippen LogP contribution in [0.3, 0.4) is 0 Å². The van der Waals surface area contributed by atoms with E-state index in [2.05, 4.69) is 4.90 Å². The van der Waals surface area contributed by atoms with Crippen molar-refractivity contribution in [2.45, 2.75) is 19.8 Å². The van der Waals surface area contributed by atoms with E-state index in [1.54, 1.807) is 36.4 Å². The number of aliphatic hydroxyl groups excluding tert-OH is 3. The molecule has 8 nitrogen and oxygen atoms in total. The molecule has 6 aromatic rings. The van der Waals surface area contributed by atoms with E-state index in [9.17, 15) is 29.7 Å². The second kappa shape index (κ2) is 17.3. The second-order valence-corrected chi connectivity index (χ2v) is 11.3. The van der Waals surface area contributed by atoms with Crippen molar-refractivity contribution in [3.8, 4) is 0 Å². The van der Waals surface area contributed by atoms with Gasteiger partial charge in [0.1, 0.15) is 18.9 Å². The molecule has 6 rings (SSSR count). The van der Waals surface area contributed by atoms with Gasteiger partial charge in [0, 0.05) is 50.8 Å². The van der Waals surface area contributed by atoms with Gasteiger partial charge in [-0.05, 0) is 126 Å². The Hall–Kier alpha value is -6.19. The van der Waals surface area contributed by atoms with Crippen molar-refractivity contribution >= 4 is 53.0 Å². The Bertz CT molecular complexity index is 1740. The summed E-state index contributed by atoms with van der Waals surface area (Å²) in [6.45, 7) is 0.0318. The number of benzene rings is 6. The summed E-state index contributed by atoms with van der Waals surface area (Å²) in [5.41, 5.74) is 9.83. The fraction of sp³-hybridized carbons (Fsp3) is 0.0714. The molecule has 3 N–H and O–H groups in total. The summed E-state index contributed by atoms with van der Waals surface area (Å²) in [6, 6.07) is 44.7. The lowest BCUT2D eigenvalue weighted by molar-refractivity contribution is 0.111. The van der Waals surface area contributed by atoms with Gasteiger partial charge in [0.25, 0.3) is 0 Å². The van der Waals surface area contributed by atoms with Crippen LogP contribution in [0, 0.1) is 0 Å². The van der Waals surface area contributed by atoms with Crippen LogP contribution in [0.4, 0.5) is 34.1 Å². The number of anilines is 6. The lowest BCUT2D eigenvalue weighted by Crippen LogP contribution is -2.10. The molecule has 0 atom stereocenters. The summed E-state index contributed by atoms with van der Waals surface area (Å²) >= 11 is 0. The van der Waals surface area contributed by atoms with Crippen molar-refractivity contribution < 1.29 is 29.7 Å². The third kappa shape index (κ3) is 8.63. The fourth-order valence-electron chi connectivity index (χ4n) is 5.25. The van der Waals surface area contributed by atoms with Crippen LogP contribution < -0.4 is 9.80 Å². The third-order valence-corrected chi connectivity index (χ3v) is 7.99. The molecule has 50 heavy (non-hydrogen) atoms. The minimum atomic E-state index is 0.0106. The number of hydrogen-bond acceptors (Lipinski definition) is 8. The van der Waals surface area contributed by atoms with E-state index in [-0.39, 0.29) is 19.8 Å². The summed E-state index contributed by atoms with van der Waals surface area (Å²) in [5.74, 6) is 0. The molecular formula is C42H36N2O6. The zero-order chi connectivity index (χ0) is 35.3. The van der Waals surface area contributed by atoms with E-state index in [0.717, 1.165) is 69.7 Å². The van der Waals surface area contributed by atoms with Crippen molar-refractivity contribution in [3.05, 3.63) is 179 Å². The Morgan fingerprint density at radius 3 is 0.660 bits per heavy atom. The number of carbonyl (C=O) groups excluding carboxylic acids is 3. The van der Waals surface area contributed by atoms with Crippen LogP contribution in [0.2, 0.25) is 0 Å². The zero-order valence-electron chi connectivity index (χ0n) is 27.2. The number of aldehydes is 3. The predicted octanol–water partition coefficient (Wildman–Crippen LogP) is 8.23. The summed E-state index contributed by atoms with van der Waals surface area (Å²) in [4.78, 5) is 36.7. The maximum Gasteiger partial charge on any atom is 0.150 e. The number of hydrogen-bond donors (Lipinski definition) is 3. The maximum absolute atomic E-state index is 10.9. The quantitative estimate of drug-likeness (QED) is 0.112. The number of rotatable bonds is 12.